The second-order valence-corrected chi connectivity index (χ2v) is 8.16. The molecular formula is C21H25ClN6O2. The van der Waals surface area contributed by atoms with Gasteiger partial charge in [-0.1, -0.05) is 6.07 Å². The number of anilines is 2. The molecule has 0 saturated carbocycles. The number of nitrogens with one attached hydrogen (secondary N) is 1. The van der Waals surface area contributed by atoms with Gasteiger partial charge in [0.05, 0.1) is 17.7 Å². The fourth-order valence-corrected chi connectivity index (χ4v) is 4.31. The molecule has 4 heterocycles. The van der Waals surface area contributed by atoms with Crippen LogP contribution in [0.15, 0.2) is 24.5 Å². The maximum Gasteiger partial charge on any atom is 0.225 e. The molecule has 2 fully saturated rings. The third-order valence-corrected chi connectivity index (χ3v) is 5.94. The number of hydrogen-bond donors (Lipinski definition) is 2. The minimum absolute atomic E-state index is 0.0707. The first-order valence-electron chi connectivity index (χ1n) is 10.4. The number of halogens is 1. The van der Waals surface area contributed by atoms with E-state index in [1.807, 2.05) is 22.8 Å². The van der Waals surface area contributed by atoms with Crippen LogP contribution in [-0.2, 0) is 9.47 Å². The van der Waals surface area contributed by atoms with Gasteiger partial charge in [-0.2, -0.15) is 4.98 Å². The van der Waals surface area contributed by atoms with Crippen LogP contribution in [0.2, 0.25) is 5.28 Å². The second kappa shape index (κ2) is 8.37. The van der Waals surface area contributed by atoms with Crippen LogP contribution in [0.3, 0.4) is 0 Å². The van der Waals surface area contributed by atoms with Crippen LogP contribution in [-0.4, -0.2) is 45.4 Å². The third-order valence-electron chi connectivity index (χ3n) is 5.77. The summed E-state index contributed by atoms with van der Waals surface area (Å²) in [6.07, 6.45) is 6.78. The van der Waals surface area contributed by atoms with E-state index in [9.17, 15) is 0 Å². The molecule has 0 spiro atoms. The lowest BCUT2D eigenvalue weighted by molar-refractivity contribution is -0.0298. The van der Waals surface area contributed by atoms with E-state index >= 15 is 0 Å². The molecule has 1 aromatic carbocycles. The Morgan fingerprint density at radius 3 is 2.73 bits per heavy atom. The molecule has 5 rings (SSSR count). The molecule has 2 aliphatic rings. The van der Waals surface area contributed by atoms with Crippen LogP contribution in [0.5, 0.6) is 0 Å². The Kier molecular flexibility index (Phi) is 5.45. The molecule has 1 atom stereocenters. The standard InChI is InChI=1S/C21H25ClN6O2/c22-21-26-18(19-20(27-21)28(12-24-19)17-3-1-2-8-30-17)13-4-5-16(15(23)11-13)25-14-6-9-29-10-7-14/h4-5,11-12,14,17,25H,1-3,6-10,23H2. The first-order valence-corrected chi connectivity index (χ1v) is 10.8. The molecule has 30 heavy (non-hydrogen) atoms. The molecule has 9 heteroatoms. The second-order valence-electron chi connectivity index (χ2n) is 7.82. The van der Waals surface area contributed by atoms with Crippen molar-refractivity contribution in [1.29, 1.82) is 0 Å². The maximum atomic E-state index is 6.36. The Labute approximate surface area is 179 Å². The summed E-state index contributed by atoms with van der Waals surface area (Å²) in [6, 6.07) is 6.27. The van der Waals surface area contributed by atoms with Gasteiger partial charge in [0.2, 0.25) is 5.28 Å². The highest BCUT2D eigenvalue weighted by Gasteiger charge is 2.22. The Morgan fingerprint density at radius 1 is 1.10 bits per heavy atom. The van der Waals surface area contributed by atoms with Gasteiger partial charge < -0.3 is 20.5 Å². The van der Waals surface area contributed by atoms with Crippen molar-refractivity contribution >= 4 is 34.1 Å². The summed E-state index contributed by atoms with van der Waals surface area (Å²) in [5.74, 6) is 0. The lowest BCUT2D eigenvalue weighted by Crippen LogP contribution is -2.28. The van der Waals surface area contributed by atoms with Crippen molar-refractivity contribution in [3.63, 3.8) is 0 Å². The zero-order valence-electron chi connectivity index (χ0n) is 16.7. The zero-order valence-corrected chi connectivity index (χ0v) is 17.4. The Balaban J connectivity index is 1.48. The van der Waals surface area contributed by atoms with E-state index < -0.39 is 0 Å². The topological polar surface area (TPSA) is 100 Å². The van der Waals surface area contributed by atoms with E-state index in [-0.39, 0.29) is 11.5 Å². The van der Waals surface area contributed by atoms with Crippen LogP contribution in [0.1, 0.15) is 38.3 Å². The summed E-state index contributed by atoms with van der Waals surface area (Å²) in [6.45, 7) is 2.30. The van der Waals surface area contributed by atoms with Crippen molar-refractivity contribution in [1.82, 2.24) is 19.5 Å². The molecule has 2 saturated heterocycles. The number of nitrogen functional groups attached to an aromatic ring is 1. The highest BCUT2D eigenvalue weighted by Crippen LogP contribution is 2.33. The third kappa shape index (κ3) is 3.82. The van der Waals surface area contributed by atoms with E-state index in [1.165, 1.54) is 0 Å². The molecule has 2 aliphatic heterocycles. The van der Waals surface area contributed by atoms with Crippen molar-refractivity contribution in [3.05, 3.63) is 29.8 Å². The number of hydrogen-bond acceptors (Lipinski definition) is 7. The number of benzene rings is 1. The molecule has 158 valence electrons. The number of fused-ring (bicyclic) bond motifs is 1. The van der Waals surface area contributed by atoms with Gasteiger partial charge in [0.1, 0.15) is 17.4 Å². The Bertz CT molecular complexity index is 1040. The largest absolute Gasteiger partial charge is 0.397 e. The van der Waals surface area contributed by atoms with E-state index in [0.29, 0.717) is 28.6 Å². The van der Waals surface area contributed by atoms with Crippen molar-refractivity contribution < 1.29 is 9.47 Å². The van der Waals surface area contributed by atoms with Crippen molar-refractivity contribution in [3.8, 4) is 11.3 Å². The van der Waals surface area contributed by atoms with Gasteiger partial charge in [-0.3, -0.25) is 4.57 Å². The van der Waals surface area contributed by atoms with E-state index in [4.69, 9.17) is 26.8 Å². The zero-order chi connectivity index (χ0) is 20.5. The lowest BCUT2D eigenvalue weighted by atomic mass is 10.1. The smallest absolute Gasteiger partial charge is 0.225 e. The number of aromatic nitrogens is 4. The quantitative estimate of drug-likeness (QED) is 0.478. The molecule has 3 N–H and O–H groups in total. The molecule has 0 amide bonds. The minimum atomic E-state index is -0.0707. The molecular weight excluding hydrogens is 404 g/mol. The van der Waals surface area contributed by atoms with Crippen LogP contribution in [0.4, 0.5) is 11.4 Å². The average molecular weight is 429 g/mol. The van der Waals surface area contributed by atoms with E-state index in [0.717, 1.165) is 63.2 Å². The minimum Gasteiger partial charge on any atom is -0.397 e. The highest BCUT2D eigenvalue weighted by atomic mass is 35.5. The lowest BCUT2D eigenvalue weighted by Gasteiger charge is -2.25. The summed E-state index contributed by atoms with van der Waals surface area (Å²) in [7, 11) is 0. The Hall–Kier alpha value is -2.42. The number of rotatable bonds is 4. The van der Waals surface area contributed by atoms with Gasteiger partial charge in [0.25, 0.3) is 0 Å². The molecule has 8 nitrogen and oxygen atoms in total. The maximum absolute atomic E-state index is 6.36. The fraction of sp³-hybridized carbons (Fsp3) is 0.476. The number of nitrogens with zero attached hydrogens (tertiary/aromatic N) is 4. The first kappa shape index (κ1) is 19.5. The van der Waals surface area contributed by atoms with Gasteiger partial charge in [0.15, 0.2) is 5.65 Å². The summed E-state index contributed by atoms with van der Waals surface area (Å²) < 4.78 is 13.3. The normalized spacial score (nSPS) is 20.5. The van der Waals surface area contributed by atoms with Crippen molar-refractivity contribution in [2.24, 2.45) is 0 Å². The summed E-state index contributed by atoms with van der Waals surface area (Å²) >= 11 is 6.28. The summed E-state index contributed by atoms with van der Waals surface area (Å²) in [5, 5.41) is 3.70. The summed E-state index contributed by atoms with van der Waals surface area (Å²) in [5.41, 5.74) is 10.8. The average Bonchev–Trinajstić information content (AvgIpc) is 3.20. The molecule has 3 aromatic rings. The monoisotopic (exact) mass is 428 g/mol. The SMILES string of the molecule is Nc1cc(-c2nc(Cl)nc3c2ncn3C2CCCCO2)ccc1NC1CCOCC1. The number of imidazole rings is 1. The Morgan fingerprint density at radius 2 is 1.97 bits per heavy atom. The van der Waals surface area contributed by atoms with Gasteiger partial charge in [-0.25, -0.2) is 9.97 Å². The molecule has 2 aromatic heterocycles. The highest BCUT2D eigenvalue weighted by molar-refractivity contribution is 6.28. The first-order chi connectivity index (χ1) is 14.7. The van der Waals surface area contributed by atoms with Gasteiger partial charge in [0, 0.05) is 31.4 Å². The van der Waals surface area contributed by atoms with Gasteiger partial charge in [-0.05, 0) is 55.8 Å². The predicted octanol–water partition coefficient (Wildman–Crippen LogP) is 4.02. The van der Waals surface area contributed by atoms with Crippen LogP contribution >= 0.6 is 11.6 Å². The number of ether oxygens (including phenoxy) is 2. The molecule has 0 radical (unpaired) electrons. The molecule has 0 aliphatic carbocycles. The summed E-state index contributed by atoms with van der Waals surface area (Å²) in [4.78, 5) is 13.5. The van der Waals surface area contributed by atoms with Crippen LogP contribution in [0.25, 0.3) is 22.4 Å². The van der Waals surface area contributed by atoms with E-state index in [2.05, 4.69) is 20.3 Å². The van der Waals surface area contributed by atoms with E-state index in [1.54, 1.807) is 6.33 Å². The van der Waals surface area contributed by atoms with Crippen molar-refractivity contribution in [2.45, 2.75) is 44.4 Å². The number of nitrogens with two attached hydrogens (primary N) is 1. The van der Waals surface area contributed by atoms with Gasteiger partial charge in [-0.15, -0.1) is 0 Å². The van der Waals surface area contributed by atoms with Crippen molar-refractivity contribution in [2.75, 3.05) is 30.9 Å². The van der Waals surface area contributed by atoms with Crippen LogP contribution in [0, 0.1) is 0 Å². The molecule has 1 unspecified atom stereocenters. The predicted molar refractivity (Wildman–Crippen MR) is 116 cm³/mol. The fourth-order valence-electron chi connectivity index (χ4n) is 4.15. The molecule has 0 bridgehead atoms. The van der Waals surface area contributed by atoms with Crippen LogP contribution < -0.4 is 11.1 Å². The van der Waals surface area contributed by atoms with Gasteiger partial charge >= 0.3 is 0 Å².